The van der Waals surface area contributed by atoms with Crippen LogP contribution in [0.2, 0.25) is 0 Å². The summed E-state index contributed by atoms with van der Waals surface area (Å²) in [5.74, 6) is -2.42. The number of pyridine rings is 1. The smallest absolute Gasteiger partial charge is 0.410 e. The molecule has 0 radical (unpaired) electrons. The highest BCUT2D eigenvalue weighted by molar-refractivity contribution is 5.97. The Balaban J connectivity index is 1.54. The molecule has 2 aliphatic heterocycles. The van der Waals surface area contributed by atoms with Gasteiger partial charge >= 0.3 is 6.09 Å². The van der Waals surface area contributed by atoms with E-state index in [1.165, 1.54) is 6.07 Å². The van der Waals surface area contributed by atoms with E-state index in [-0.39, 0.29) is 30.4 Å². The van der Waals surface area contributed by atoms with Gasteiger partial charge in [-0.15, -0.1) is 0 Å². The number of carbonyl (C=O) groups is 2. The van der Waals surface area contributed by atoms with E-state index in [2.05, 4.69) is 4.98 Å². The Kier molecular flexibility index (Phi) is 8.37. The van der Waals surface area contributed by atoms with Gasteiger partial charge in [-0.3, -0.25) is 9.69 Å². The fraction of sp³-hybridized carbons (Fsp3) is 0.552. The normalized spacial score (nSPS) is 20.8. The molecule has 0 aliphatic carbocycles. The maximum atomic E-state index is 14.2. The highest BCUT2D eigenvalue weighted by atomic mass is 19.1. The van der Waals surface area contributed by atoms with Crippen LogP contribution in [0.15, 0.2) is 30.5 Å². The summed E-state index contributed by atoms with van der Waals surface area (Å²) in [6.45, 7) is 13.1. The minimum atomic E-state index is -0.848. The lowest BCUT2D eigenvalue weighted by molar-refractivity contribution is -0.121. The van der Waals surface area contributed by atoms with Crippen molar-refractivity contribution in [3.8, 4) is 11.6 Å². The van der Waals surface area contributed by atoms with Crippen molar-refractivity contribution in [2.24, 2.45) is 0 Å². The number of halogens is 2. The molecule has 1 aromatic carbocycles. The lowest BCUT2D eigenvalue weighted by Crippen LogP contribution is -2.62. The van der Waals surface area contributed by atoms with Gasteiger partial charge in [0.2, 0.25) is 17.5 Å². The van der Waals surface area contributed by atoms with Crippen LogP contribution in [-0.4, -0.2) is 84.4 Å². The number of aromatic nitrogens is 1. The van der Waals surface area contributed by atoms with E-state index in [0.717, 1.165) is 17.7 Å². The molecule has 0 saturated carbocycles. The highest BCUT2D eigenvalue weighted by Crippen LogP contribution is 2.42. The van der Waals surface area contributed by atoms with Crippen molar-refractivity contribution in [2.75, 3.05) is 44.8 Å². The topological polar surface area (TPSA) is 84.4 Å². The van der Waals surface area contributed by atoms with Crippen LogP contribution in [0.1, 0.15) is 47.1 Å². The van der Waals surface area contributed by atoms with Gasteiger partial charge in [0.25, 0.3) is 0 Å². The van der Waals surface area contributed by atoms with Crippen molar-refractivity contribution in [3.63, 3.8) is 0 Å². The maximum Gasteiger partial charge on any atom is 0.410 e. The number of amides is 2. The molecule has 9 nitrogen and oxygen atoms in total. The molecule has 1 aromatic heterocycles. The van der Waals surface area contributed by atoms with Crippen LogP contribution >= 0.6 is 0 Å². The van der Waals surface area contributed by atoms with Crippen molar-refractivity contribution >= 4 is 17.7 Å². The van der Waals surface area contributed by atoms with E-state index in [1.54, 1.807) is 29.2 Å². The van der Waals surface area contributed by atoms with Crippen molar-refractivity contribution in [2.45, 2.75) is 64.6 Å². The largest absolute Gasteiger partial charge is 0.444 e. The second-order valence-corrected chi connectivity index (χ2v) is 12.1. The highest BCUT2D eigenvalue weighted by Gasteiger charge is 2.42. The van der Waals surface area contributed by atoms with E-state index in [9.17, 15) is 18.4 Å². The summed E-state index contributed by atoms with van der Waals surface area (Å²) in [7, 11) is 1.59. The number of nitrogens with zero attached hydrogens (tertiary/aromatic N) is 4. The number of rotatable bonds is 6. The van der Waals surface area contributed by atoms with Crippen LogP contribution < -0.4 is 9.64 Å². The second-order valence-electron chi connectivity index (χ2n) is 12.1. The summed E-state index contributed by atoms with van der Waals surface area (Å²) in [6.07, 6.45) is 1.19. The molecule has 2 atom stereocenters. The minimum absolute atomic E-state index is 0.0184. The lowest BCUT2D eigenvalue weighted by Gasteiger charge is -2.45. The molecular formula is C29H38F2N4O5. The summed E-state index contributed by atoms with van der Waals surface area (Å²) in [6, 6.07) is 4.60. The van der Waals surface area contributed by atoms with Crippen molar-refractivity contribution < 1.29 is 32.6 Å². The number of ether oxygens (including phenoxy) is 3. The molecule has 0 N–H and O–H groups in total. The van der Waals surface area contributed by atoms with Crippen molar-refractivity contribution in [3.05, 3.63) is 47.7 Å². The molecular weight excluding hydrogens is 522 g/mol. The lowest BCUT2D eigenvalue weighted by atomic mass is 9.88. The third kappa shape index (κ3) is 6.36. The molecule has 0 spiro atoms. The van der Waals surface area contributed by atoms with Crippen LogP contribution in [0.4, 0.5) is 19.3 Å². The summed E-state index contributed by atoms with van der Waals surface area (Å²) in [5.41, 5.74) is 0.403. The minimum Gasteiger partial charge on any atom is -0.444 e. The fourth-order valence-corrected chi connectivity index (χ4v) is 5.19. The van der Waals surface area contributed by atoms with Gasteiger partial charge in [-0.2, -0.15) is 0 Å². The number of para-hydroxylation sites is 1. The fourth-order valence-electron chi connectivity index (χ4n) is 5.19. The SMILES string of the molecule is COC[C@H]1CN(C(=O)OC(C)(C)C)[C@H](C)CN1CC(=O)N1CC(C)(C)c2cnc(Oc3c(F)cccc3F)cc21. The van der Waals surface area contributed by atoms with Gasteiger partial charge in [-0.25, -0.2) is 18.6 Å². The van der Waals surface area contributed by atoms with Crippen LogP contribution in [0.5, 0.6) is 11.6 Å². The summed E-state index contributed by atoms with van der Waals surface area (Å²) in [5, 5.41) is 0. The average Bonchev–Trinajstić information content (AvgIpc) is 3.12. The van der Waals surface area contributed by atoms with Gasteiger partial charge in [0, 0.05) is 56.0 Å². The predicted molar refractivity (Wildman–Crippen MR) is 146 cm³/mol. The quantitative estimate of drug-likeness (QED) is 0.505. The first-order valence-corrected chi connectivity index (χ1v) is 13.4. The van der Waals surface area contributed by atoms with Gasteiger partial charge in [0.05, 0.1) is 24.9 Å². The zero-order valence-electron chi connectivity index (χ0n) is 24.2. The third-order valence-corrected chi connectivity index (χ3v) is 7.14. The van der Waals surface area contributed by atoms with Gasteiger partial charge < -0.3 is 24.0 Å². The van der Waals surface area contributed by atoms with Crippen LogP contribution in [-0.2, 0) is 19.7 Å². The Bertz CT molecular complexity index is 1250. The molecule has 11 heteroatoms. The number of anilines is 1. The summed E-state index contributed by atoms with van der Waals surface area (Å²) in [4.78, 5) is 36.2. The van der Waals surface area contributed by atoms with E-state index in [1.807, 2.05) is 46.4 Å². The number of fused-ring (bicyclic) bond motifs is 1. The van der Waals surface area contributed by atoms with E-state index in [4.69, 9.17) is 14.2 Å². The predicted octanol–water partition coefficient (Wildman–Crippen LogP) is 4.73. The van der Waals surface area contributed by atoms with Crippen LogP contribution in [0.25, 0.3) is 0 Å². The standard InChI is InChI=1S/C29H38F2N4O5/c1-18-13-33(19(16-38-7)14-34(18)27(37)40-28(2,3)4)15-25(36)35-17-29(5,6)20-12-32-24(11-23(20)35)39-26-21(30)9-8-10-22(26)31/h8-12,18-19H,13-17H2,1-7H3/t18-,19-/m1/s1. The first-order valence-electron chi connectivity index (χ1n) is 13.4. The zero-order chi connectivity index (χ0) is 29.4. The maximum absolute atomic E-state index is 14.2. The Hall–Kier alpha value is -3.31. The average molecular weight is 561 g/mol. The first-order chi connectivity index (χ1) is 18.7. The Morgan fingerprint density at radius 1 is 1.15 bits per heavy atom. The van der Waals surface area contributed by atoms with E-state index >= 15 is 0 Å². The molecule has 218 valence electrons. The summed E-state index contributed by atoms with van der Waals surface area (Å²) >= 11 is 0. The number of benzene rings is 1. The number of piperazine rings is 1. The van der Waals surface area contributed by atoms with Gasteiger partial charge in [0.1, 0.15) is 5.60 Å². The van der Waals surface area contributed by atoms with Gasteiger partial charge in [-0.05, 0) is 39.8 Å². The molecule has 4 rings (SSSR count). The molecule has 0 bridgehead atoms. The molecule has 2 amide bonds. The van der Waals surface area contributed by atoms with Crippen LogP contribution in [0, 0.1) is 11.6 Å². The number of hydrogen-bond acceptors (Lipinski definition) is 7. The Morgan fingerprint density at radius 2 is 1.82 bits per heavy atom. The monoisotopic (exact) mass is 560 g/mol. The van der Waals surface area contributed by atoms with Crippen molar-refractivity contribution in [1.29, 1.82) is 0 Å². The van der Waals surface area contributed by atoms with E-state index < -0.39 is 34.5 Å². The van der Waals surface area contributed by atoms with Crippen molar-refractivity contribution in [1.82, 2.24) is 14.8 Å². The molecule has 2 aliphatic rings. The third-order valence-electron chi connectivity index (χ3n) is 7.14. The Labute approximate surface area is 234 Å². The Morgan fingerprint density at radius 3 is 2.45 bits per heavy atom. The molecule has 1 fully saturated rings. The molecule has 0 unspecified atom stereocenters. The molecule has 2 aromatic rings. The first kappa shape index (κ1) is 29.7. The van der Waals surface area contributed by atoms with Gasteiger partial charge in [-0.1, -0.05) is 19.9 Å². The zero-order valence-corrected chi connectivity index (χ0v) is 24.2. The number of hydrogen-bond donors (Lipinski definition) is 0. The number of carbonyl (C=O) groups excluding carboxylic acids is 2. The molecule has 40 heavy (non-hydrogen) atoms. The molecule has 3 heterocycles. The van der Waals surface area contributed by atoms with Crippen LogP contribution in [0.3, 0.4) is 0 Å². The molecule has 1 saturated heterocycles. The van der Waals surface area contributed by atoms with E-state index in [0.29, 0.717) is 31.9 Å². The van der Waals surface area contributed by atoms with Gasteiger partial charge in [0.15, 0.2) is 11.6 Å². The second kappa shape index (κ2) is 11.3. The summed E-state index contributed by atoms with van der Waals surface area (Å²) < 4.78 is 44.9. The number of methoxy groups -OCH3 is 1.